The number of unbranched alkanes of at least 4 members (excludes halogenated alkanes) is 1. The number of carboxylic acid groups (broad SMARTS) is 1. The molecule has 0 aromatic heterocycles. The van der Waals surface area contributed by atoms with Gasteiger partial charge in [0.1, 0.15) is 5.60 Å². The number of carbonyl (C=O) groups is 2. The van der Waals surface area contributed by atoms with Crippen LogP contribution in [0.2, 0.25) is 0 Å². The zero-order valence-electron chi connectivity index (χ0n) is 16.1. The average Bonchev–Trinajstić information content (AvgIpc) is 2.51. The number of nitrogens with one attached hydrogen (secondary N) is 2. The van der Waals surface area contributed by atoms with Crippen molar-refractivity contribution in [3.05, 3.63) is 29.8 Å². The summed E-state index contributed by atoms with van der Waals surface area (Å²) < 4.78 is 31.8. The second-order valence-corrected chi connectivity index (χ2v) is 8.94. The van der Waals surface area contributed by atoms with Gasteiger partial charge < -0.3 is 20.0 Å². The van der Waals surface area contributed by atoms with Crippen LogP contribution in [0, 0.1) is 6.92 Å². The van der Waals surface area contributed by atoms with E-state index in [1.54, 1.807) is 32.9 Å². The van der Waals surface area contributed by atoms with E-state index in [4.69, 9.17) is 4.74 Å². The first-order valence-electron chi connectivity index (χ1n) is 8.67. The van der Waals surface area contributed by atoms with E-state index in [9.17, 15) is 23.1 Å². The number of alkyl carbamates (subject to hydrolysis) is 1. The molecule has 0 aliphatic heterocycles. The minimum atomic E-state index is -3.96. The third-order valence-electron chi connectivity index (χ3n) is 3.50. The van der Waals surface area contributed by atoms with Gasteiger partial charge in [-0.25, -0.2) is 17.9 Å². The molecular formula is C18H27N2O6S-. The molecule has 0 saturated carbocycles. The van der Waals surface area contributed by atoms with E-state index in [2.05, 4.69) is 10.0 Å². The summed E-state index contributed by atoms with van der Waals surface area (Å²) in [6.45, 7) is 7.35. The minimum Gasteiger partial charge on any atom is -0.548 e. The van der Waals surface area contributed by atoms with E-state index < -0.39 is 33.7 Å². The maximum Gasteiger partial charge on any atom is 0.407 e. The molecule has 2 N–H and O–H groups in total. The molecule has 0 saturated heterocycles. The fraction of sp³-hybridized carbons (Fsp3) is 0.556. The summed E-state index contributed by atoms with van der Waals surface area (Å²) in [7, 11) is -3.96. The maximum atomic E-state index is 12.3. The Kier molecular flexibility index (Phi) is 8.23. The van der Waals surface area contributed by atoms with Crippen molar-refractivity contribution in [3.63, 3.8) is 0 Å². The van der Waals surface area contributed by atoms with Crippen molar-refractivity contribution >= 4 is 22.1 Å². The molecule has 0 heterocycles. The van der Waals surface area contributed by atoms with Crippen molar-refractivity contribution in [3.8, 4) is 0 Å². The highest BCUT2D eigenvalue weighted by Gasteiger charge is 2.21. The van der Waals surface area contributed by atoms with Crippen LogP contribution in [0.25, 0.3) is 0 Å². The predicted octanol–water partition coefficient (Wildman–Crippen LogP) is 1.09. The van der Waals surface area contributed by atoms with Crippen molar-refractivity contribution in [1.29, 1.82) is 0 Å². The largest absolute Gasteiger partial charge is 0.548 e. The highest BCUT2D eigenvalue weighted by atomic mass is 32.2. The SMILES string of the molecule is Cc1ccc(S(=O)(=O)N[C@@H](CCCCNC(=O)OC(C)(C)C)C(=O)[O-])cc1. The fourth-order valence-electron chi connectivity index (χ4n) is 2.18. The van der Waals surface area contributed by atoms with Crippen LogP contribution in [0.1, 0.15) is 45.6 Å². The van der Waals surface area contributed by atoms with Gasteiger partial charge in [-0.3, -0.25) is 0 Å². The Morgan fingerprint density at radius 3 is 2.26 bits per heavy atom. The summed E-state index contributed by atoms with van der Waals surface area (Å²) in [6.07, 6.45) is 0.336. The summed E-state index contributed by atoms with van der Waals surface area (Å²) >= 11 is 0. The molecule has 1 amide bonds. The molecule has 0 bridgehead atoms. The average molecular weight is 399 g/mol. The van der Waals surface area contributed by atoms with Crippen LogP contribution in [0.4, 0.5) is 4.79 Å². The highest BCUT2D eigenvalue weighted by Crippen LogP contribution is 2.12. The van der Waals surface area contributed by atoms with Crippen LogP contribution in [0.3, 0.4) is 0 Å². The summed E-state index contributed by atoms with van der Waals surface area (Å²) in [6, 6.07) is 4.73. The standard InChI is InChI=1S/C18H28N2O6S/c1-13-8-10-14(11-9-13)27(24,25)20-15(16(21)22)7-5-6-12-19-17(23)26-18(2,3)4/h8-11,15,20H,5-7,12H2,1-4H3,(H,19,23)(H,21,22)/p-1/t15-/m0/s1. The molecule has 0 radical (unpaired) electrons. The lowest BCUT2D eigenvalue weighted by atomic mass is 10.1. The van der Waals surface area contributed by atoms with Crippen LogP contribution in [0.15, 0.2) is 29.2 Å². The van der Waals surface area contributed by atoms with Gasteiger partial charge in [0.25, 0.3) is 0 Å². The Morgan fingerprint density at radius 2 is 1.74 bits per heavy atom. The smallest absolute Gasteiger partial charge is 0.407 e. The normalized spacial score (nSPS) is 13.0. The molecule has 27 heavy (non-hydrogen) atoms. The van der Waals surface area contributed by atoms with E-state index >= 15 is 0 Å². The van der Waals surface area contributed by atoms with Gasteiger partial charge in [-0.15, -0.1) is 0 Å². The lowest BCUT2D eigenvalue weighted by Gasteiger charge is -2.21. The van der Waals surface area contributed by atoms with Crippen LogP contribution < -0.4 is 15.1 Å². The first-order chi connectivity index (χ1) is 12.4. The number of ether oxygens (including phenoxy) is 1. The number of aliphatic carboxylic acids is 1. The first kappa shape index (κ1) is 22.9. The van der Waals surface area contributed by atoms with Crippen LogP contribution in [-0.4, -0.2) is 38.7 Å². The second-order valence-electron chi connectivity index (χ2n) is 7.23. The molecule has 1 aromatic rings. The number of benzene rings is 1. The highest BCUT2D eigenvalue weighted by molar-refractivity contribution is 7.89. The molecule has 0 spiro atoms. The number of sulfonamides is 1. The van der Waals surface area contributed by atoms with Crippen molar-refractivity contribution < 1.29 is 27.9 Å². The quantitative estimate of drug-likeness (QED) is 0.599. The monoisotopic (exact) mass is 399 g/mol. The summed E-state index contributed by atoms with van der Waals surface area (Å²) in [5.74, 6) is -1.49. The van der Waals surface area contributed by atoms with E-state index in [1.807, 2.05) is 6.92 Å². The Hall–Kier alpha value is -2.13. The molecular weight excluding hydrogens is 372 g/mol. The summed E-state index contributed by atoms with van der Waals surface area (Å²) in [5, 5.41) is 13.8. The van der Waals surface area contributed by atoms with E-state index in [-0.39, 0.29) is 11.3 Å². The molecule has 152 valence electrons. The zero-order valence-corrected chi connectivity index (χ0v) is 16.9. The van der Waals surface area contributed by atoms with Gasteiger partial charge in [0.05, 0.1) is 16.9 Å². The molecule has 1 atom stereocenters. The fourth-order valence-corrected chi connectivity index (χ4v) is 3.39. The zero-order chi connectivity index (χ0) is 20.7. The lowest BCUT2D eigenvalue weighted by Crippen LogP contribution is -2.47. The van der Waals surface area contributed by atoms with Gasteiger partial charge >= 0.3 is 6.09 Å². The van der Waals surface area contributed by atoms with Gasteiger partial charge in [-0.1, -0.05) is 17.7 Å². The Balaban J connectivity index is 2.49. The van der Waals surface area contributed by atoms with Gasteiger partial charge in [0, 0.05) is 6.54 Å². The molecule has 0 aliphatic rings. The topological polar surface area (TPSA) is 125 Å². The molecule has 0 fully saturated rings. The number of hydrogen-bond acceptors (Lipinski definition) is 6. The predicted molar refractivity (Wildman–Crippen MR) is 98.4 cm³/mol. The Bertz CT molecular complexity index is 738. The van der Waals surface area contributed by atoms with Gasteiger partial charge in [0.2, 0.25) is 10.0 Å². The maximum absolute atomic E-state index is 12.3. The number of carboxylic acids is 1. The van der Waals surface area contributed by atoms with Crippen molar-refractivity contribution in [2.24, 2.45) is 0 Å². The van der Waals surface area contributed by atoms with Crippen LogP contribution in [0.5, 0.6) is 0 Å². The Morgan fingerprint density at radius 1 is 1.15 bits per heavy atom. The van der Waals surface area contributed by atoms with E-state index in [1.165, 1.54) is 12.1 Å². The van der Waals surface area contributed by atoms with E-state index in [0.717, 1.165) is 5.56 Å². The summed E-state index contributed by atoms with van der Waals surface area (Å²) in [5.41, 5.74) is 0.293. The number of carbonyl (C=O) groups excluding carboxylic acids is 2. The minimum absolute atomic E-state index is 0.00839. The van der Waals surface area contributed by atoms with Crippen LogP contribution >= 0.6 is 0 Å². The van der Waals surface area contributed by atoms with E-state index in [0.29, 0.717) is 19.4 Å². The number of rotatable bonds is 9. The molecule has 8 nitrogen and oxygen atoms in total. The number of aryl methyl sites for hydroxylation is 1. The van der Waals surface area contributed by atoms with Gasteiger partial charge in [-0.05, 0) is 59.1 Å². The molecule has 0 unspecified atom stereocenters. The van der Waals surface area contributed by atoms with Crippen molar-refractivity contribution in [2.75, 3.05) is 6.54 Å². The third-order valence-corrected chi connectivity index (χ3v) is 4.99. The molecule has 9 heteroatoms. The lowest BCUT2D eigenvalue weighted by molar-refractivity contribution is -0.308. The first-order valence-corrected chi connectivity index (χ1v) is 10.2. The molecule has 0 aliphatic carbocycles. The van der Waals surface area contributed by atoms with Gasteiger partial charge in [0.15, 0.2) is 0 Å². The molecule has 1 rings (SSSR count). The van der Waals surface area contributed by atoms with Crippen molar-refractivity contribution in [2.45, 2.75) is 63.5 Å². The van der Waals surface area contributed by atoms with Crippen molar-refractivity contribution in [1.82, 2.24) is 10.0 Å². The summed E-state index contributed by atoms with van der Waals surface area (Å²) in [4.78, 5) is 22.8. The molecule has 1 aromatic carbocycles. The number of hydrogen-bond donors (Lipinski definition) is 2. The Labute approximate surface area is 160 Å². The number of amides is 1. The third kappa shape index (κ3) is 8.87. The van der Waals surface area contributed by atoms with Gasteiger partial charge in [-0.2, -0.15) is 0 Å². The second kappa shape index (κ2) is 9.70. The van der Waals surface area contributed by atoms with Crippen LogP contribution in [-0.2, 0) is 19.6 Å².